The average molecular weight is 315 g/mol. The third-order valence-electron chi connectivity index (χ3n) is 7.04. The van der Waals surface area contributed by atoms with Gasteiger partial charge in [0.15, 0.2) is 0 Å². The molecule has 3 nitrogen and oxygen atoms in total. The molecule has 2 fully saturated rings. The lowest BCUT2D eigenvalue weighted by Gasteiger charge is -2.48. The number of hydrogen-bond acceptors (Lipinski definition) is 2. The second-order valence-electron chi connectivity index (χ2n) is 8.26. The average Bonchev–Trinajstić information content (AvgIpc) is 2.85. The number of benzene rings is 1. The van der Waals surface area contributed by atoms with E-state index in [1.54, 1.807) is 19.0 Å². The van der Waals surface area contributed by atoms with Gasteiger partial charge in [-0.1, -0.05) is 51.1 Å². The predicted molar refractivity (Wildman–Crippen MR) is 92.0 cm³/mol. The Morgan fingerprint density at radius 3 is 2.35 bits per heavy atom. The molecule has 126 valence electrons. The Hall–Kier alpha value is -1.35. The maximum absolute atomic E-state index is 12.1. The molecule has 0 saturated heterocycles. The fraction of sp³-hybridized carbons (Fsp3) is 0.650. The summed E-state index contributed by atoms with van der Waals surface area (Å²) in [7, 11) is 3.57. The number of likely N-dealkylation sites (N-methyl/N-ethyl adjacent to an activating group) is 1. The molecule has 2 aliphatic carbocycles. The van der Waals surface area contributed by atoms with Crippen LogP contribution >= 0.6 is 0 Å². The van der Waals surface area contributed by atoms with Gasteiger partial charge in [0.05, 0.1) is 5.60 Å². The molecular formula is C20H29NO2. The van der Waals surface area contributed by atoms with Crippen LogP contribution < -0.4 is 0 Å². The lowest BCUT2D eigenvalue weighted by molar-refractivity contribution is -0.165. The third-order valence-corrected chi connectivity index (χ3v) is 7.04. The zero-order chi connectivity index (χ0) is 16.9. The zero-order valence-electron chi connectivity index (χ0n) is 15.1. The minimum absolute atomic E-state index is 0.0319. The first-order valence-electron chi connectivity index (χ1n) is 8.64. The Morgan fingerprint density at radius 1 is 1.22 bits per heavy atom. The minimum atomic E-state index is -0.355. The molecule has 23 heavy (non-hydrogen) atoms. The van der Waals surface area contributed by atoms with Crippen molar-refractivity contribution in [3.63, 3.8) is 0 Å². The van der Waals surface area contributed by atoms with Gasteiger partial charge < -0.3 is 9.64 Å². The molecule has 3 heteroatoms. The maximum Gasteiger partial charge on any atom is 0.248 e. The van der Waals surface area contributed by atoms with E-state index in [1.165, 1.54) is 12.0 Å². The monoisotopic (exact) mass is 315 g/mol. The summed E-state index contributed by atoms with van der Waals surface area (Å²) in [5.41, 5.74) is 1.15. The first-order valence-corrected chi connectivity index (χ1v) is 8.64. The number of amides is 1. The minimum Gasteiger partial charge on any atom is -0.360 e. The van der Waals surface area contributed by atoms with Crippen LogP contribution in [0.5, 0.6) is 0 Å². The second-order valence-corrected chi connectivity index (χ2v) is 8.26. The van der Waals surface area contributed by atoms with E-state index < -0.39 is 0 Å². The van der Waals surface area contributed by atoms with E-state index >= 15 is 0 Å². The van der Waals surface area contributed by atoms with E-state index in [1.807, 2.05) is 6.07 Å². The van der Waals surface area contributed by atoms with Gasteiger partial charge in [0.2, 0.25) is 5.91 Å². The van der Waals surface area contributed by atoms with Gasteiger partial charge in [0, 0.05) is 19.5 Å². The molecule has 0 radical (unpaired) electrons. The molecule has 2 saturated carbocycles. The van der Waals surface area contributed by atoms with Crippen molar-refractivity contribution in [2.45, 2.75) is 45.6 Å². The van der Waals surface area contributed by atoms with Crippen LogP contribution in [0.25, 0.3) is 0 Å². The summed E-state index contributed by atoms with van der Waals surface area (Å²) < 4.78 is 6.48. The van der Waals surface area contributed by atoms with Crippen LogP contribution in [0.4, 0.5) is 0 Å². The summed E-state index contributed by atoms with van der Waals surface area (Å²) >= 11 is 0. The van der Waals surface area contributed by atoms with E-state index in [-0.39, 0.29) is 28.9 Å². The number of carbonyl (C=O) groups excluding carboxylic acids is 1. The smallest absolute Gasteiger partial charge is 0.248 e. The molecule has 1 aromatic rings. The molecular weight excluding hydrogens is 286 g/mol. The first kappa shape index (κ1) is 16.5. The van der Waals surface area contributed by atoms with Crippen molar-refractivity contribution in [1.29, 1.82) is 0 Å². The van der Waals surface area contributed by atoms with Crippen molar-refractivity contribution < 1.29 is 9.53 Å². The number of ether oxygens (including phenoxy) is 1. The highest BCUT2D eigenvalue weighted by Gasteiger charge is 2.70. The molecule has 1 aromatic carbocycles. The fourth-order valence-electron chi connectivity index (χ4n) is 5.01. The standard InChI is InChI=1S/C20H29NO2/c1-18(2)16-11-12-19(18,3)20(13-16,15-9-7-6-8-10-15)23-14-17(22)21(4)5/h6-10,16H,11-14H2,1-5H3. The van der Waals surface area contributed by atoms with Crippen LogP contribution in [0.15, 0.2) is 30.3 Å². The molecule has 0 spiro atoms. The van der Waals surface area contributed by atoms with Crippen molar-refractivity contribution in [2.75, 3.05) is 20.7 Å². The summed E-state index contributed by atoms with van der Waals surface area (Å²) in [6.07, 6.45) is 3.44. The maximum atomic E-state index is 12.1. The molecule has 0 aromatic heterocycles. The summed E-state index contributed by atoms with van der Waals surface area (Å²) in [4.78, 5) is 13.8. The van der Waals surface area contributed by atoms with Gasteiger partial charge >= 0.3 is 0 Å². The molecule has 1 amide bonds. The van der Waals surface area contributed by atoms with Crippen molar-refractivity contribution in [3.8, 4) is 0 Å². The van der Waals surface area contributed by atoms with Crippen LogP contribution in [0, 0.1) is 16.7 Å². The van der Waals surface area contributed by atoms with Crippen molar-refractivity contribution in [1.82, 2.24) is 4.90 Å². The van der Waals surface area contributed by atoms with Gasteiger partial charge in [-0.2, -0.15) is 0 Å². The Kier molecular flexibility index (Phi) is 3.83. The van der Waals surface area contributed by atoms with Gasteiger partial charge in [-0.3, -0.25) is 4.79 Å². The Balaban J connectivity index is 2.02. The number of hydrogen-bond donors (Lipinski definition) is 0. The quantitative estimate of drug-likeness (QED) is 0.845. The van der Waals surface area contributed by atoms with Gasteiger partial charge in [0.1, 0.15) is 6.61 Å². The number of fused-ring (bicyclic) bond motifs is 2. The highest BCUT2D eigenvalue weighted by atomic mass is 16.5. The van der Waals surface area contributed by atoms with E-state index in [9.17, 15) is 4.79 Å². The Bertz CT molecular complexity index is 595. The van der Waals surface area contributed by atoms with Crippen LogP contribution in [0.2, 0.25) is 0 Å². The topological polar surface area (TPSA) is 29.5 Å². The summed E-state index contributed by atoms with van der Waals surface area (Å²) in [5, 5.41) is 0. The molecule has 0 heterocycles. The van der Waals surface area contributed by atoms with E-state index in [0.717, 1.165) is 12.8 Å². The normalized spacial score (nSPS) is 34.6. The predicted octanol–water partition coefficient (Wildman–Crippen LogP) is 3.83. The first-order chi connectivity index (χ1) is 10.7. The summed E-state index contributed by atoms with van der Waals surface area (Å²) in [5.74, 6) is 0.687. The number of nitrogens with zero attached hydrogens (tertiary/aromatic N) is 1. The van der Waals surface area contributed by atoms with Crippen LogP contribution in [0.1, 0.15) is 45.6 Å². The number of rotatable bonds is 4. The highest BCUT2D eigenvalue weighted by Crippen LogP contribution is 2.73. The van der Waals surface area contributed by atoms with Crippen molar-refractivity contribution in [3.05, 3.63) is 35.9 Å². The molecule has 0 N–H and O–H groups in total. The van der Waals surface area contributed by atoms with E-state index in [0.29, 0.717) is 5.92 Å². The molecule has 2 bridgehead atoms. The molecule has 0 aliphatic heterocycles. The summed E-state index contributed by atoms with van der Waals surface area (Å²) in [6, 6.07) is 10.5. The Morgan fingerprint density at radius 2 is 1.87 bits per heavy atom. The largest absolute Gasteiger partial charge is 0.360 e. The number of carbonyl (C=O) groups is 1. The summed E-state index contributed by atoms with van der Waals surface area (Å²) in [6.45, 7) is 7.28. The zero-order valence-corrected chi connectivity index (χ0v) is 15.1. The second kappa shape index (κ2) is 5.34. The van der Waals surface area contributed by atoms with Gasteiger partial charge in [0.25, 0.3) is 0 Å². The van der Waals surface area contributed by atoms with Crippen LogP contribution in [-0.2, 0) is 15.1 Å². The van der Waals surface area contributed by atoms with E-state index in [4.69, 9.17) is 4.74 Å². The third kappa shape index (κ3) is 2.16. The van der Waals surface area contributed by atoms with Crippen molar-refractivity contribution in [2.24, 2.45) is 16.7 Å². The molecule has 3 unspecified atom stereocenters. The Labute approximate surface area is 140 Å². The molecule has 2 aliphatic rings. The van der Waals surface area contributed by atoms with Gasteiger partial charge in [-0.05, 0) is 36.2 Å². The van der Waals surface area contributed by atoms with E-state index in [2.05, 4.69) is 45.0 Å². The van der Waals surface area contributed by atoms with Gasteiger partial charge in [-0.15, -0.1) is 0 Å². The highest BCUT2D eigenvalue weighted by molar-refractivity contribution is 5.76. The van der Waals surface area contributed by atoms with Gasteiger partial charge in [-0.25, -0.2) is 0 Å². The molecule has 3 rings (SSSR count). The van der Waals surface area contributed by atoms with Crippen LogP contribution in [0.3, 0.4) is 0 Å². The SMILES string of the molecule is CN(C)C(=O)COC1(c2ccccc2)CC2CCC1(C)C2(C)C. The lowest BCUT2D eigenvalue weighted by atomic mass is 9.62. The lowest BCUT2D eigenvalue weighted by Crippen LogP contribution is -2.48. The fourth-order valence-corrected chi connectivity index (χ4v) is 5.01. The van der Waals surface area contributed by atoms with Crippen molar-refractivity contribution >= 4 is 5.91 Å². The molecule has 3 atom stereocenters. The van der Waals surface area contributed by atoms with Crippen LogP contribution in [-0.4, -0.2) is 31.5 Å².